The van der Waals surface area contributed by atoms with Crippen LogP contribution in [0.4, 0.5) is 26.3 Å². The van der Waals surface area contributed by atoms with Gasteiger partial charge in [0, 0.05) is 5.56 Å². The van der Waals surface area contributed by atoms with E-state index in [1.165, 1.54) is 6.07 Å². The number of aromatic nitrogens is 6. The van der Waals surface area contributed by atoms with Crippen molar-refractivity contribution in [1.29, 1.82) is 0 Å². The first kappa shape index (κ1) is 26.7. The van der Waals surface area contributed by atoms with Gasteiger partial charge in [-0.05, 0) is 30.3 Å². The molecule has 5 atom stereocenters. The number of hydrogen-bond donors (Lipinski definition) is 3. The van der Waals surface area contributed by atoms with Crippen molar-refractivity contribution in [2.24, 2.45) is 0 Å². The molecule has 16 heteroatoms. The highest BCUT2D eigenvalue weighted by molar-refractivity contribution is 5.58. The molecule has 0 spiro atoms. The lowest BCUT2D eigenvalue weighted by atomic mass is 9.92. The molecule has 4 aromatic rings. The van der Waals surface area contributed by atoms with E-state index in [1.54, 1.807) is 0 Å². The number of hydrogen-bond acceptors (Lipinski definition) is 8. The van der Waals surface area contributed by atoms with Gasteiger partial charge in [-0.1, -0.05) is 11.3 Å². The molecule has 1 aliphatic heterocycles. The lowest BCUT2D eigenvalue weighted by Gasteiger charge is -2.41. The van der Waals surface area contributed by atoms with E-state index in [4.69, 9.17) is 4.74 Å². The molecular formula is C23H18F6N6O4. The van der Waals surface area contributed by atoms with Crippen molar-refractivity contribution in [3.63, 3.8) is 0 Å². The van der Waals surface area contributed by atoms with Crippen molar-refractivity contribution in [2.75, 3.05) is 6.61 Å². The Labute approximate surface area is 214 Å². The maximum absolute atomic E-state index is 13.7. The summed E-state index contributed by atoms with van der Waals surface area (Å²) in [6, 6.07) is 4.13. The van der Waals surface area contributed by atoms with E-state index < -0.39 is 66.3 Å². The zero-order valence-electron chi connectivity index (χ0n) is 19.4. The first-order chi connectivity index (χ1) is 18.5. The van der Waals surface area contributed by atoms with E-state index in [0.29, 0.717) is 12.1 Å². The molecule has 0 saturated carbocycles. The van der Waals surface area contributed by atoms with E-state index in [0.717, 1.165) is 40.1 Å². The summed E-state index contributed by atoms with van der Waals surface area (Å²) in [5, 5.41) is 43.4. The summed E-state index contributed by atoms with van der Waals surface area (Å²) in [7, 11) is 0. The Kier molecular flexibility index (Phi) is 6.88. The highest BCUT2D eigenvalue weighted by Crippen LogP contribution is 2.39. The Bertz CT molecular complexity index is 1470. The second kappa shape index (κ2) is 10.0. The standard InChI is InChI=1S/C23H18F6N6O4/c24-13-4-10(5-14(25)17(13)26)15-7-34(33-32-15)18-19(37)16(8-36)39-21(20(18)38)22-30-9-31-35(22)12-3-1-2-11(6-12)23(27,28)29/h1-7,9,16,18-21,36-38H,8H2/t16-,18+,19+,20-,21-/m1/s1. The lowest BCUT2D eigenvalue weighted by Crippen LogP contribution is -2.53. The van der Waals surface area contributed by atoms with Gasteiger partial charge in [-0.25, -0.2) is 27.5 Å². The molecule has 39 heavy (non-hydrogen) atoms. The van der Waals surface area contributed by atoms with Gasteiger partial charge in [0.1, 0.15) is 42.5 Å². The Hall–Kier alpha value is -3.86. The Morgan fingerprint density at radius 3 is 2.38 bits per heavy atom. The molecule has 0 unspecified atom stereocenters. The van der Waals surface area contributed by atoms with Gasteiger partial charge in [0.2, 0.25) is 0 Å². The van der Waals surface area contributed by atoms with Crippen LogP contribution in [0.15, 0.2) is 48.9 Å². The van der Waals surface area contributed by atoms with Crippen LogP contribution in [0.5, 0.6) is 0 Å². The molecular weight excluding hydrogens is 538 g/mol. The van der Waals surface area contributed by atoms with Gasteiger partial charge in [-0.2, -0.15) is 18.3 Å². The van der Waals surface area contributed by atoms with Crippen LogP contribution in [-0.2, 0) is 10.9 Å². The normalized spacial score (nSPS) is 23.8. The Morgan fingerprint density at radius 2 is 1.72 bits per heavy atom. The fraction of sp³-hybridized carbons (Fsp3) is 0.304. The first-order valence-electron chi connectivity index (χ1n) is 11.3. The quantitative estimate of drug-likeness (QED) is 0.252. The predicted octanol–water partition coefficient (Wildman–Crippen LogP) is 2.36. The molecule has 2 aromatic heterocycles. The van der Waals surface area contributed by atoms with Crippen LogP contribution in [0.25, 0.3) is 16.9 Å². The summed E-state index contributed by atoms with van der Waals surface area (Å²) < 4.78 is 88.2. The van der Waals surface area contributed by atoms with Gasteiger partial charge in [-0.15, -0.1) is 5.10 Å². The molecule has 2 aromatic carbocycles. The average molecular weight is 556 g/mol. The van der Waals surface area contributed by atoms with Crippen molar-refractivity contribution >= 4 is 0 Å². The monoisotopic (exact) mass is 556 g/mol. The van der Waals surface area contributed by atoms with Crippen molar-refractivity contribution in [1.82, 2.24) is 29.8 Å². The number of halogens is 6. The minimum atomic E-state index is -4.64. The Morgan fingerprint density at radius 1 is 1.00 bits per heavy atom. The van der Waals surface area contributed by atoms with Gasteiger partial charge in [0.25, 0.3) is 0 Å². The summed E-state index contributed by atoms with van der Waals surface area (Å²) in [4.78, 5) is 4.02. The summed E-state index contributed by atoms with van der Waals surface area (Å²) >= 11 is 0. The lowest BCUT2D eigenvalue weighted by molar-refractivity contribution is -0.210. The third-order valence-electron chi connectivity index (χ3n) is 6.23. The second-order valence-electron chi connectivity index (χ2n) is 8.67. The van der Waals surface area contributed by atoms with Crippen LogP contribution < -0.4 is 0 Å². The second-order valence-corrected chi connectivity index (χ2v) is 8.67. The van der Waals surface area contributed by atoms with Gasteiger partial charge >= 0.3 is 6.18 Å². The summed E-state index contributed by atoms with van der Waals surface area (Å²) in [6.07, 6.45) is -8.56. The van der Waals surface area contributed by atoms with Gasteiger partial charge in [-0.3, -0.25) is 0 Å². The molecule has 1 aliphatic rings. The van der Waals surface area contributed by atoms with Crippen LogP contribution in [0, 0.1) is 17.5 Å². The third kappa shape index (κ3) is 4.87. The largest absolute Gasteiger partial charge is 0.416 e. The van der Waals surface area contributed by atoms with Crippen LogP contribution >= 0.6 is 0 Å². The molecule has 0 bridgehead atoms. The number of ether oxygens (including phenoxy) is 1. The molecule has 0 amide bonds. The highest BCUT2D eigenvalue weighted by Gasteiger charge is 2.48. The zero-order chi connectivity index (χ0) is 28.1. The number of aliphatic hydroxyl groups is 3. The minimum absolute atomic E-state index is 0.0558. The molecule has 1 fully saturated rings. The van der Waals surface area contributed by atoms with Crippen LogP contribution in [0.2, 0.25) is 0 Å². The highest BCUT2D eigenvalue weighted by atomic mass is 19.4. The molecule has 0 aliphatic carbocycles. The SMILES string of the molecule is OC[C@H]1O[C@@H](c2ncnn2-c2cccc(C(F)(F)F)c2)[C@H](O)[C@@H](n2cc(-c3cc(F)c(F)c(F)c3)nn2)[C@H]1O. The number of alkyl halides is 3. The van der Waals surface area contributed by atoms with Crippen molar-refractivity contribution < 1.29 is 46.4 Å². The number of aliphatic hydroxyl groups excluding tert-OH is 3. The van der Waals surface area contributed by atoms with Gasteiger partial charge < -0.3 is 20.1 Å². The predicted molar refractivity (Wildman–Crippen MR) is 117 cm³/mol. The summed E-state index contributed by atoms with van der Waals surface area (Å²) in [6.45, 7) is -0.742. The van der Waals surface area contributed by atoms with Gasteiger partial charge in [0.05, 0.1) is 24.1 Å². The molecule has 5 rings (SSSR count). The Balaban J connectivity index is 1.51. The fourth-order valence-electron chi connectivity index (χ4n) is 4.34. The van der Waals surface area contributed by atoms with E-state index in [-0.39, 0.29) is 22.8 Å². The average Bonchev–Trinajstić information content (AvgIpc) is 3.57. The fourth-order valence-corrected chi connectivity index (χ4v) is 4.34. The van der Waals surface area contributed by atoms with E-state index in [1.807, 2.05) is 0 Å². The van der Waals surface area contributed by atoms with E-state index in [9.17, 15) is 41.7 Å². The van der Waals surface area contributed by atoms with Crippen molar-refractivity contribution in [3.8, 4) is 16.9 Å². The molecule has 206 valence electrons. The van der Waals surface area contributed by atoms with Crippen LogP contribution in [0.3, 0.4) is 0 Å². The maximum atomic E-state index is 13.7. The molecule has 3 N–H and O–H groups in total. The zero-order valence-corrected chi connectivity index (χ0v) is 19.4. The van der Waals surface area contributed by atoms with Crippen molar-refractivity contribution in [3.05, 3.63) is 77.8 Å². The van der Waals surface area contributed by atoms with E-state index in [2.05, 4.69) is 20.4 Å². The maximum Gasteiger partial charge on any atom is 0.416 e. The summed E-state index contributed by atoms with van der Waals surface area (Å²) in [5.41, 5.74) is -1.34. The van der Waals surface area contributed by atoms with E-state index >= 15 is 0 Å². The van der Waals surface area contributed by atoms with Crippen LogP contribution in [0.1, 0.15) is 23.5 Å². The van der Waals surface area contributed by atoms with Crippen molar-refractivity contribution in [2.45, 2.75) is 36.6 Å². The van der Waals surface area contributed by atoms with Crippen LogP contribution in [-0.4, -0.2) is 70.0 Å². The molecule has 1 saturated heterocycles. The summed E-state index contributed by atoms with van der Waals surface area (Å²) in [5.74, 6) is -4.78. The first-order valence-corrected chi connectivity index (χ1v) is 11.3. The smallest absolute Gasteiger partial charge is 0.394 e. The molecule has 3 heterocycles. The number of nitrogens with zero attached hydrogens (tertiary/aromatic N) is 6. The number of rotatable bonds is 5. The third-order valence-corrected chi connectivity index (χ3v) is 6.23. The van der Waals surface area contributed by atoms with Gasteiger partial charge in [0.15, 0.2) is 23.3 Å². The topological polar surface area (TPSA) is 131 Å². The molecule has 10 nitrogen and oxygen atoms in total. The number of benzene rings is 2. The minimum Gasteiger partial charge on any atom is -0.394 e. The molecule has 0 radical (unpaired) electrons.